The third-order valence-corrected chi connectivity index (χ3v) is 0. The summed E-state index contributed by atoms with van der Waals surface area (Å²) in [5.41, 5.74) is 0. The lowest BCUT2D eigenvalue weighted by Crippen LogP contribution is -1.80. The zero-order valence-electron chi connectivity index (χ0n) is 3.43. The van der Waals surface area contributed by atoms with Crippen LogP contribution in [0.2, 0.25) is 0 Å². The SMILES string of the molecule is [CH]S(C)(C)O. The maximum Gasteiger partial charge on any atom is 0.0367 e. The van der Waals surface area contributed by atoms with Crippen molar-refractivity contribution >= 4 is 10.3 Å². The molecule has 2 radical (unpaired) electrons. The molecule has 0 aliphatic rings. The molecule has 1 nitrogen and oxygen atoms in total. The van der Waals surface area contributed by atoms with Crippen LogP contribution in [0.3, 0.4) is 0 Å². The lowest BCUT2D eigenvalue weighted by molar-refractivity contribution is 0.646. The van der Waals surface area contributed by atoms with Gasteiger partial charge in [-0.2, -0.15) is 0 Å². The van der Waals surface area contributed by atoms with E-state index >= 15 is 0 Å². The Morgan fingerprint density at radius 3 is 1.60 bits per heavy atom. The first kappa shape index (κ1) is 5.31. The molecule has 32 valence electrons. The van der Waals surface area contributed by atoms with Crippen LogP contribution < -0.4 is 0 Å². The summed E-state index contributed by atoms with van der Waals surface area (Å²) in [5.74, 6) is 0. The normalized spacial score (nSPS) is 15.2. The van der Waals surface area contributed by atoms with Crippen molar-refractivity contribution < 1.29 is 4.55 Å². The molecule has 0 unspecified atom stereocenters. The van der Waals surface area contributed by atoms with E-state index in [-0.39, 0.29) is 0 Å². The maximum atomic E-state index is 8.38. The molecule has 0 spiro atoms. The second-order valence-corrected chi connectivity index (χ2v) is 4.05. The summed E-state index contributed by atoms with van der Waals surface area (Å²) in [5, 5.41) is 0. The summed E-state index contributed by atoms with van der Waals surface area (Å²) in [4.78, 5) is 0. The minimum absolute atomic E-state index is 1.60. The molecule has 0 aromatic rings. The third kappa shape index (κ3) is 239. The van der Waals surface area contributed by atoms with Gasteiger partial charge < -0.3 is 4.55 Å². The molecule has 0 atom stereocenters. The molecule has 2 heteroatoms. The Bertz CT molecular complexity index is 22.4. The Kier molecular flexibility index (Phi) is 1.26. The van der Waals surface area contributed by atoms with Crippen LogP contribution >= 0.6 is 10.3 Å². The lowest BCUT2D eigenvalue weighted by Gasteiger charge is -2.12. The maximum absolute atomic E-state index is 8.38. The Labute approximate surface area is 34.5 Å². The van der Waals surface area contributed by atoms with Crippen molar-refractivity contribution in [2.75, 3.05) is 12.5 Å². The monoisotopic (exact) mass is 92.0 g/mol. The summed E-state index contributed by atoms with van der Waals surface area (Å²) in [6.45, 7) is 0. The van der Waals surface area contributed by atoms with Crippen molar-refractivity contribution in [2.24, 2.45) is 0 Å². The van der Waals surface area contributed by atoms with Crippen molar-refractivity contribution in [1.29, 1.82) is 0 Å². The van der Waals surface area contributed by atoms with Crippen molar-refractivity contribution in [3.63, 3.8) is 0 Å². The van der Waals surface area contributed by atoms with E-state index in [1.54, 1.807) is 12.5 Å². The molecule has 0 saturated carbocycles. The highest BCUT2D eigenvalue weighted by molar-refractivity contribution is 8.29. The third-order valence-electron chi connectivity index (χ3n) is 0. The van der Waals surface area contributed by atoms with Crippen LogP contribution in [0.15, 0.2) is 0 Å². The molecule has 1 N–H and O–H groups in total. The Morgan fingerprint density at radius 1 is 1.60 bits per heavy atom. The van der Waals surface area contributed by atoms with Gasteiger partial charge in [-0.1, -0.05) is 0 Å². The fraction of sp³-hybridized carbons (Fsp3) is 0.667. The summed E-state index contributed by atoms with van der Waals surface area (Å²) >= 11 is 0. The van der Waals surface area contributed by atoms with Gasteiger partial charge >= 0.3 is 0 Å². The van der Waals surface area contributed by atoms with Gasteiger partial charge in [0, 0.05) is 6.26 Å². The van der Waals surface area contributed by atoms with E-state index in [9.17, 15) is 0 Å². The van der Waals surface area contributed by atoms with Crippen LogP contribution in [-0.2, 0) is 0 Å². The van der Waals surface area contributed by atoms with Gasteiger partial charge in [0.2, 0.25) is 0 Å². The first-order valence-corrected chi connectivity index (χ1v) is 3.70. The first-order valence-electron chi connectivity index (χ1n) is 1.23. The van der Waals surface area contributed by atoms with Crippen molar-refractivity contribution in [3.05, 3.63) is 6.26 Å². The second-order valence-electron chi connectivity index (χ2n) is 1.35. The molecule has 5 heavy (non-hydrogen) atoms. The van der Waals surface area contributed by atoms with Gasteiger partial charge in [0.25, 0.3) is 0 Å². The van der Waals surface area contributed by atoms with Crippen LogP contribution in [0.25, 0.3) is 0 Å². The molecule has 0 bridgehead atoms. The molecule has 0 aliphatic carbocycles. The second kappa shape index (κ2) is 1.19. The predicted molar refractivity (Wildman–Crippen MR) is 26.4 cm³/mol. The van der Waals surface area contributed by atoms with Crippen molar-refractivity contribution in [3.8, 4) is 0 Å². The van der Waals surface area contributed by atoms with Crippen LogP contribution in [0.4, 0.5) is 0 Å². The quantitative estimate of drug-likeness (QED) is 0.476. The zero-order valence-corrected chi connectivity index (χ0v) is 4.25. The Balaban J connectivity index is 3.02. The van der Waals surface area contributed by atoms with E-state index in [1.807, 2.05) is 0 Å². The number of hydrogen-bond donors (Lipinski definition) is 1. The average Bonchev–Trinajstić information content (AvgIpc) is 0.722. The smallest absolute Gasteiger partial charge is 0.0367 e. The van der Waals surface area contributed by atoms with Crippen LogP contribution in [0.1, 0.15) is 0 Å². The Hall–Kier alpha value is 0.310. The molecule has 0 fully saturated rings. The highest BCUT2D eigenvalue weighted by atomic mass is 32.3. The van der Waals surface area contributed by atoms with E-state index in [1.165, 1.54) is 0 Å². The van der Waals surface area contributed by atoms with E-state index in [2.05, 4.69) is 0 Å². The van der Waals surface area contributed by atoms with E-state index in [0.717, 1.165) is 0 Å². The van der Waals surface area contributed by atoms with Crippen LogP contribution in [0.5, 0.6) is 0 Å². The van der Waals surface area contributed by atoms with Crippen LogP contribution in [-0.4, -0.2) is 17.1 Å². The molecular formula is C3H8OS. The molecule has 0 rings (SSSR count). The lowest BCUT2D eigenvalue weighted by atomic mass is 11.9. The molecular weight excluding hydrogens is 84.1 g/mol. The molecule has 0 heterocycles. The van der Waals surface area contributed by atoms with Gasteiger partial charge in [0.05, 0.1) is 0 Å². The summed E-state index contributed by atoms with van der Waals surface area (Å²) < 4.78 is 8.38. The van der Waals surface area contributed by atoms with Gasteiger partial charge in [-0.3, -0.25) is 0 Å². The average molecular weight is 92.2 g/mol. The van der Waals surface area contributed by atoms with E-state index in [0.29, 0.717) is 0 Å². The summed E-state index contributed by atoms with van der Waals surface area (Å²) in [6, 6.07) is 0. The molecule has 0 aliphatic heterocycles. The highest BCUT2D eigenvalue weighted by Crippen LogP contribution is 2.29. The van der Waals surface area contributed by atoms with E-state index < -0.39 is 10.3 Å². The van der Waals surface area contributed by atoms with Gasteiger partial charge in [0.15, 0.2) is 0 Å². The fourth-order valence-electron chi connectivity index (χ4n) is 0. The van der Waals surface area contributed by atoms with Gasteiger partial charge in [-0.05, 0) is 12.5 Å². The van der Waals surface area contributed by atoms with E-state index in [4.69, 9.17) is 10.8 Å². The molecule has 0 saturated heterocycles. The zero-order chi connectivity index (χ0) is 4.50. The Morgan fingerprint density at radius 2 is 1.60 bits per heavy atom. The molecule has 0 aromatic heterocycles. The summed E-state index contributed by atoms with van der Waals surface area (Å²) in [7, 11) is -1.67. The largest absolute Gasteiger partial charge is 0.352 e. The van der Waals surface area contributed by atoms with Crippen molar-refractivity contribution in [2.45, 2.75) is 0 Å². The van der Waals surface area contributed by atoms with Gasteiger partial charge in [0.1, 0.15) is 0 Å². The standard InChI is InChI=1S/C3H8OS/c1-5(2,3)4/h1,4H,2-3H3. The van der Waals surface area contributed by atoms with Gasteiger partial charge in [-0.15, -0.1) is 10.3 Å². The summed E-state index contributed by atoms with van der Waals surface area (Å²) in [6.07, 6.45) is 8.20. The fourth-order valence-corrected chi connectivity index (χ4v) is 0. The number of hydrogen-bond acceptors (Lipinski definition) is 1. The van der Waals surface area contributed by atoms with Crippen LogP contribution in [0, 0.1) is 6.26 Å². The topological polar surface area (TPSA) is 20.2 Å². The molecule has 0 aromatic carbocycles. The highest BCUT2D eigenvalue weighted by Gasteiger charge is 1.89. The minimum atomic E-state index is -1.67. The van der Waals surface area contributed by atoms with Crippen molar-refractivity contribution in [1.82, 2.24) is 0 Å². The predicted octanol–water partition coefficient (Wildman–Crippen LogP) is 1.19. The number of rotatable bonds is 0. The molecule has 0 amide bonds. The minimum Gasteiger partial charge on any atom is -0.352 e. The van der Waals surface area contributed by atoms with Gasteiger partial charge in [-0.25, -0.2) is 0 Å². The first-order chi connectivity index (χ1) is 2.00.